The molecule has 150 valence electrons. The van der Waals surface area contributed by atoms with Gasteiger partial charge in [-0.3, -0.25) is 0 Å². The zero-order valence-corrected chi connectivity index (χ0v) is 17.3. The maximum Gasteiger partial charge on any atom is 0.141 e. The number of nitrogens with zero attached hydrogens (tertiary/aromatic N) is 2. The van der Waals surface area contributed by atoms with Crippen LogP contribution in [0.25, 0.3) is 0 Å². The van der Waals surface area contributed by atoms with Crippen molar-refractivity contribution in [3.05, 3.63) is 89.2 Å². The van der Waals surface area contributed by atoms with Crippen LogP contribution in [0.3, 0.4) is 0 Å². The number of rotatable bonds is 4. The predicted molar refractivity (Wildman–Crippen MR) is 117 cm³/mol. The summed E-state index contributed by atoms with van der Waals surface area (Å²) in [5.41, 5.74) is 5.39. The first-order valence-corrected chi connectivity index (χ1v) is 10.9. The van der Waals surface area contributed by atoms with E-state index in [0.717, 1.165) is 25.3 Å². The molecule has 1 fully saturated rings. The predicted octanol–water partition coefficient (Wildman–Crippen LogP) is 5.23. The first-order valence-electron chi connectivity index (χ1n) is 10.9. The zero-order chi connectivity index (χ0) is 19.6. The fourth-order valence-corrected chi connectivity index (χ4v) is 4.82. The number of hydrogen-bond donors (Lipinski definition) is 0. The average molecular weight is 387 g/mol. The molecule has 0 saturated carbocycles. The van der Waals surface area contributed by atoms with E-state index in [0.29, 0.717) is 5.92 Å². The molecule has 2 aromatic carbocycles. The van der Waals surface area contributed by atoms with Crippen LogP contribution in [0.4, 0.5) is 0 Å². The second-order valence-electron chi connectivity index (χ2n) is 8.62. The molecule has 5 rings (SSSR count). The van der Waals surface area contributed by atoms with Crippen molar-refractivity contribution in [2.24, 2.45) is 5.92 Å². The van der Waals surface area contributed by atoms with Crippen molar-refractivity contribution < 1.29 is 4.74 Å². The Hall–Kier alpha value is -2.52. The smallest absolute Gasteiger partial charge is 0.141 e. The monoisotopic (exact) mass is 386 g/mol. The van der Waals surface area contributed by atoms with Crippen LogP contribution in [0, 0.1) is 12.8 Å². The maximum absolute atomic E-state index is 6.62. The molecule has 1 atom stereocenters. The van der Waals surface area contributed by atoms with Crippen molar-refractivity contribution in [2.45, 2.75) is 38.8 Å². The summed E-state index contributed by atoms with van der Waals surface area (Å²) in [5, 5.41) is 0. The molecule has 0 amide bonds. The molecule has 1 saturated heterocycles. The number of aryl methyl sites for hydroxylation is 1. The van der Waals surface area contributed by atoms with Gasteiger partial charge in [-0.25, -0.2) is 0 Å². The van der Waals surface area contributed by atoms with Crippen LogP contribution in [0.2, 0.25) is 0 Å². The van der Waals surface area contributed by atoms with Crippen LogP contribution in [0.1, 0.15) is 41.3 Å². The van der Waals surface area contributed by atoms with Crippen molar-refractivity contribution in [2.75, 3.05) is 19.6 Å². The Morgan fingerprint density at radius 3 is 2.55 bits per heavy atom. The van der Waals surface area contributed by atoms with Crippen LogP contribution in [-0.4, -0.2) is 29.1 Å². The first kappa shape index (κ1) is 18.5. The lowest BCUT2D eigenvalue weighted by atomic mass is 9.89. The summed E-state index contributed by atoms with van der Waals surface area (Å²) in [6.07, 6.45) is 5.90. The molecule has 2 aliphatic rings. The summed E-state index contributed by atoms with van der Waals surface area (Å²) >= 11 is 0. The fraction of sp³-hybridized carbons (Fsp3) is 0.385. The summed E-state index contributed by atoms with van der Waals surface area (Å²) in [4.78, 5) is 2.63. The number of hydrogen-bond acceptors (Lipinski definition) is 2. The van der Waals surface area contributed by atoms with E-state index in [1.807, 2.05) is 0 Å². The largest absolute Gasteiger partial charge is 0.484 e. The summed E-state index contributed by atoms with van der Waals surface area (Å²) in [6, 6.07) is 21.9. The number of ether oxygens (including phenoxy) is 1. The molecule has 0 N–H and O–H groups in total. The molecule has 0 spiro atoms. The summed E-state index contributed by atoms with van der Waals surface area (Å²) in [6.45, 7) is 6.54. The summed E-state index contributed by atoms with van der Waals surface area (Å²) in [5.74, 6) is 1.63. The summed E-state index contributed by atoms with van der Waals surface area (Å²) in [7, 11) is 0. The van der Waals surface area contributed by atoms with Crippen LogP contribution in [-0.2, 0) is 13.0 Å². The summed E-state index contributed by atoms with van der Waals surface area (Å²) < 4.78 is 8.99. The molecule has 3 heteroatoms. The highest BCUT2D eigenvalue weighted by molar-refractivity contribution is 5.36. The van der Waals surface area contributed by atoms with Gasteiger partial charge in [0.1, 0.15) is 11.9 Å². The third kappa shape index (κ3) is 3.97. The van der Waals surface area contributed by atoms with Crippen LogP contribution < -0.4 is 4.74 Å². The molecule has 0 aliphatic carbocycles. The van der Waals surface area contributed by atoms with E-state index in [1.165, 1.54) is 48.3 Å². The van der Waals surface area contributed by atoms with Crippen LogP contribution in [0.5, 0.6) is 5.75 Å². The van der Waals surface area contributed by atoms with Gasteiger partial charge in [0.25, 0.3) is 0 Å². The molecule has 29 heavy (non-hydrogen) atoms. The van der Waals surface area contributed by atoms with Gasteiger partial charge in [-0.1, -0.05) is 48.0 Å². The second kappa shape index (κ2) is 8.08. The molecule has 3 nitrogen and oxygen atoms in total. The third-order valence-corrected chi connectivity index (χ3v) is 6.62. The molecule has 1 aromatic heterocycles. The minimum atomic E-state index is 0.160. The highest BCUT2D eigenvalue weighted by Gasteiger charge is 2.32. The molecule has 0 bridgehead atoms. The molecule has 0 radical (unpaired) electrons. The number of piperidine rings is 1. The van der Waals surface area contributed by atoms with E-state index >= 15 is 0 Å². The van der Waals surface area contributed by atoms with Crippen molar-refractivity contribution in [1.82, 2.24) is 9.47 Å². The fourth-order valence-electron chi connectivity index (χ4n) is 4.82. The van der Waals surface area contributed by atoms with Gasteiger partial charge in [-0.05, 0) is 63.0 Å². The van der Waals surface area contributed by atoms with E-state index in [9.17, 15) is 0 Å². The Labute approximate surface area is 173 Å². The molecular formula is C26H30N2O. The zero-order valence-electron chi connectivity index (χ0n) is 17.3. The lowest BCUT2D eigenvalue weighted by molar-refractivity contribution is 0.0745. The van der Waals surface area contributed by atoms with E-state index in [-0.39, 0.29) is 6.10 Å². The highest BCUT2D eigenvalue weighted by atomic mass is 16.5. The first-order chi connectivity index (χ1) is 14.3. The number of fused-ring (bicyclic) bond motifs is 2. The number of benzene rings is 2. The van der Waals surface area contributed by atoms with E-state index in [4.69, 9.17) is 4.74 Å². The Bertz CT molecular complexity index is 951. The van der Waals surface area contributed by atoms with Gasteiger partial charge in [0, 0.05) is 24.2 Å². The number of aromatic nitrogens is 1. The van der Waals surface area contributed by atoms with Gasteiger partial charge in [0.05, 0.1) is 12.2 Å². The van der Waals surface area contributed by atoms with Gasteiger partial charge < -0.3 is 14.2 Å². The van der Waals surface area contributed by atoms with Crippen LogP contribution in [0.15, 0.2) is 66.9 Å². The van der Waals surface area contributed by atoms with E-state index in [2.05, 4.69) is 83.3 Å². The second-order valence-corrected chi connectivity index (χ2v) is 8.62. The Kier molecular flexibility index (Phi) is 5.15. The minimum absolute atomic E-state index is 0.160. The van der Waals surface area contributed by atoms with Crippen LogP contribution >= 0.6 is 0 Å². The van der Waals surface area contributed by atoms with Gasteiger partial charge in [-0.15, -0.1) is 0 Å². The minimum Gasteiger partial charge on any atom is -0.484 e. The standard InChI is InChI=1S/C26H30N2O/c1-20-8-10-21(11-9-20)12-16-27-17-13-22(14-18-27)26-24-6-4-15-28(24)19-23-5-2-3-7-25(23)29-26/h2-11,15,22,26H,12-14,16-19H2,1H3. The number of likely N-dealkylation sites (tertiary alicyclic amines) is 1. The van der Waals surface area contributed by atoms with Crippen molar-refractivity contribution in [3.63, 3.8) is 0 Å². The molecule has 3 aromatic rings. The van der Waals surface area contributed by atoms with Gasteiger partial charge in [0.2, 0.25) is 0 Å². The van der Waals surface area contributed by atoms with Crippen molar-refractivity contribution >= 4 is 0 Å². The SMILES string of the molecule is Cc1ccc(CCN2CCC(C3Oc4ccccc4Cn4cccc43)CC2)cc1. The van der Waals surface area contributed by atoms with Gasteiger partial charge in [0.15, 0.2) is 0 Å². The molecule has 1 unspecified atom stereocenters. The number of para-hydroxylation sites is 1. The molecule has 3 heterocycles. The van der Waals surface area contributed by atoms with Gasteiger partial charge in [-0.2, -0.15) is 0 Å². The third-order valence-electron chi connectivity index (χ3n) is 6.62. The molecule has 2 aliphatic heterocycles. The topological polar surface area (TPSA) is 17.4 Å². The lowest BCUT2D eigenvalue weighted by Crippen LogP contribution is -2.38. The maximum atomic E-state index is 6.62. The lowest BCUT2D eigenvalue weighted by Gasteiger charge is -2.36. The van der Waals surface area contributed by atoms with E-state index < -0.39 is 0 Å². The quantitative estimate of drug-likeness (QED) is 0.611. The van der Waals surface area contributed by atoms with Crippen molar-refractivity contribution in [3.8, 4) is 5.75 Å². The van der Waals surface area contributed by atoms with Crippen molar-refractivity contribution in [1.29, 1.82) is 0 Å². The normalized spacial score (nSPS) is 19.8. The Balaban J connectivity index is 1.24. The Morgan fingerprint density at radius 1 is 0.931 bits per heavy atom. The van der Waals surface area contributed by atoms with Gasteiger partial charge >= 0.3 is 0 Å². The highest BCUT2D eigenvalue weighted by Crippen LogP contribution is 2.38. The Morgan fingerprint density at radius 2 is 1.72 bits per heavy atom. The average Bonchev–Trinajstić information content (AvgIpc) is 3.15. The van der Waals surface area contributed by atoms with E-state index in [1.54, 1.807) is 0 Å². The molecular weight excluding hydrogens is 356 g/mol.